The van der Waals surface area contributed by atoms with Crippen LogP contribution in [0.15, 0.2) is 67.0 Å². The number of aryl methyl sites for hydroxylation is 1. The Labute approximate surface area is 227 Å². The van der Waals surface area contributed by atoms with E-state index >= 15 is 0 Å². The number of rotatable bonds is 8. The second kappa shape index (κ2) is 11.0. The molecule has 1 amide bonds. The Bertz CT molecular complexity index is 1630. The van der Waals surface area contributed by atoms with Crippen LogP contribution in [-0.2, 0) is 16.4 Å². The molecule has 0 unspecified atom stereocenters. The Morgan fingerprint density at radius 3 is 2.72 bits per heavy atom. The predicted molar refractivity (Wildman–Crippen MR) is 151 cm³/mol. The molecule has 0 aliphatic carbocycles. The van der Waals surface area contributed by atoms with Crippen molar-refractivity contribution >= 4 is 33.1 Å². The molecule has 3 aromatic heterocycles. The van der Waals surface area contributed by atoms with E-state index in [0.29, 0.717) is 41.4 Å². The van der Waals surface area contributed by atoms with Gasteiger partial charge < -0.3 is 11.1 Å². The highest BCUT2D eigenvalue weighted by Crippen LogP contribution is 2.37. The van der Waals surface area contributed by atoms with Crippen LogP contribution in [0.25, 0.3) is 16.8 Å². The number of aromatic nitrogens is 4. The van der Waals surface area contributed by atoms with Crippen LogP contribution in [0.3, 0.4) is 0 Å². The van der Waals surface area contributed by atoms with Crippen molar-refractivity contribution in [3.05, 3.63) is 83.9 Å². The third kappa shape index (κ3) is 5.27. The van der Waals surface area contributed by atoms with Gasteiger partial charge in [0.15, 0.2) is 0 Å². The molecule has 4 heterocycles. The van der Waals surface area contributed by atoms with Crippen LogP contribution in [0.5, 0.6) is 0 Å². The number of nitrogens with zero attached hydrogens (tertiary/aromatic N) is 5. The highest BCUT2D eigenvalue weighted by Gasteiger charge is 2.35. The summed E-state index contributed by atoms with van der Waals surface area (Å²) in [5, 5.41) is 3.84. The number of hydrogen-bond acceptors (Lipinski definition) is 7. The zero-order valence-corrected chi connectivity index (χ0v) is 22.6. The van der Waals surface area contributed by atoms with Gasteiger partial charge in [0.2, 0.25) is 10.0 Å². The van der Waals surface area contributed by atoms with Gasteiger partial charge >= 0.3 is 0 Å². The maximum Gasteiger partial charge on any atom is 0.256 e. The van der Waals surface area contributed by atoms with Gasteiger partial charge in [-0.1, -0.05) is 38.5 Å². The van der Waals surface area contributed by atoms with Crippen LogP contribution in [0.4, 0.5) is 11.6 Å². The van der Waals surface area contributed by atoms with Crippen molar-refractivity contribution in [1.82, 2.24) is 23.7 Å². The predicted octanol–water partition coefficient (Wildman–Crippen LogP) is 4.58. The second-order valence-corrected chi connectivity index (χ2v) is 11.3. The van der Waals surface area contributed by atoms with Crippen LogP contribution in [0, 0.1) is 0 Å². The largest absolute Gasteiger partial charge is 0.382 e. The van der Waals surface area contributed by atoms with E-state index in [1.807, 2.05) is 16.5 Å². The summed E-state index contributed by atoms with van der Waals surface area (Å²) in [7, 11) is -3.65. The van der Waals surface area contributed by atoms with Crippen LogP contribution in [0.1, 0.15) is 60.4 Å². The minimum Gasteiger partial charge on any atom is -0.382 e. The molecule has 1 aliphatic rings. The molecule has 1 aliphatic heterocycles. The molecular weight excluding hydrogens is 514 g/mol. The number of sulfonamides is 1. The molecule has 10 nitrogen and oxygen atoms in total. The number of nitrogen functional groups attached to an aromatic ring is 1. The maximum absolute atomic E-state index is 12.9. The Balaban J connectivity index is 1.48. The quantitative estimate of drug-likeness (QED) is 0.331. The van der Waals surface area contributed by atoms with Gasteiger partial charge in [-0.3, -0.25) is 9.20 Å². The van der Waals surface area contributed by atoms with Gasteiger partial charge in [0.25, 0.3) is 5.91 Å². The summed E-state index contributed by atoms with van der Waals surface area (Å²) < 4.78 is 28.9. The van der Waals surface area contributed by atoms with Gasteiger partial charge in [-0.2, -0.15) is 4.31 Å². The van der Waals surface area contributed by atoms with Crippen molar-refractivity contribution in [2.45, 2.75) is 45.1 Å². The molecule has 5 rings (SSSR count). The molecule has 0 radical (unpaired) electrons. The maximum atomic E-state index is 12.9. The van der Waals surface area contributed by atoms with E-state index in [0.717, 1.165) is 42.2 Å². The van der Waals surface area contributed by atoms with Crippen molar-refractivity contribution in [3.8, 4) is 11.3 Å². The number of nitrogens with one attached hydrogen (secondary N) is 1. The molecule has 0 saturated carbocycles. The zero-order valence-electron chi connectivity index (χ0n) is 21.7. The van der Waals surface area contributed by atoms with E-state index in [-0.39, 0.29) is 11.7 Å². The minimum absolute atomic E-state index is 0.272. The van der Waals surface area contributed by atoms with Crippen molar-refractivity contribution in [1.29, 1.82) is 0 Å². The molecule has 0 bridgehead atoms. The average molecular weight is 546 g/mol. The van der Waals surface area contributed by atoms with Gasteiger partial charge in [0.1, 0.15) is 28.7 Å². The van der Waals surface area contributed by atoms with E-state index in [1.54, 1.807) is 42.9 Å². The fourth-order valence-electron chi connectivity index (χ4n) is 5.04. The van der Waals surface area contributed by atoms with Crippen LogP contribution >= 0.6 is 0 Å². The fraction of sp³-hybridized carbons (Fsp3) is 0.286. The van der Waals surface area contributed by atoms with Crippen LogP contribution < -0.4 is 11.1 Å². The molecule has 1 saturated heterocycles. The molecular formula is C28H31N7O3S. The van der Waals surface area contributed by atoms with Gasteiger partial charge in [0, 0.05) is 41.7 Å². The first kappa shape index (κ1) is 26.5. The number of pyridine rings is 1. The van der Waals surface area contributed by atoms with Gasteiger partial charge in [0.05, 0.1) is 6.04 Å². The molecule has 11 heteroatoms. The summed E-state index contributed by atoms with van der Waals surface area (Å²) in [5.41, 5.74) is 9.75. The summed E-state index contributed by atoms with van der Waals surface area (Å²) in [4.78, 5) is 26.3. The Morgan fingerprint density at radius 2 is 1.97 bits per heavy atom. The SMILES string of the molecule is C=CS(=O)(=O)N1CCCC[C@H]1c1nc(-c2ccc(C(=O)Nc3cc(CCC)ccn3)cc2)c2c(N)nccn12. The van der Waals surface area contributed by atoms with Gasteiger partial charge in [-0.25, -0.2) is 23.4 Å². The number of carbonyl (C=O) groups is 1. The van der Waals surface area contributed by atoms with E-state index < -0.39 is 16.1 Å². The molecule has 1 fully saturated rings. The lowest BCUT2D eigenvalue weighted by molar-refractivity contribution is 0.102. The normalized spacial score (nSPS) is 16.3. The number of anilines is 2. The highest BCUT2D eigenvalue weighted by atomic mass is 32.2. The number of amides is 1. The standard InChI is InChI=1S/C28H31N7O3S/c1-3-7-19-13-14-30-23(18-19)32-28(36)21-11-9-20(10-12-21)24-25-26(29)31-15-17-34(25)27(33-24)22-8-5-6-16-35(22)39(37,38)4-2/h4,9-15,17-18,22H,2-3,5-8,16H2,1H3,(H2,29,31)(H,30,32,36)/t22-/m0/s1. The first-order valence-electron chi connectivity index (χ1n) is 13.0. The summed E-state index contributed by atoms with van der Waals surface area (Å²) in [5.74, 6) is 1.08. The first-order valence-corrected chi connectivity index (χ1v) is 14.5. The lowest BCUT2D eigenvalue weighted by atomic mass is 10.0. The van der Waals surface area contributed by atoms with Crippen LogP contribution in [-0.4, -0.2) is 44.5 Å². The number of carbonyl (C=O) groups excluding carboxylic acids is 1. The van der Waals surface area contributed by atoms with Gasteiger partial charge in [-0.05, 0) is 49.1 Å². The average Bonchev–Trinajstić information content (AvgIpc) is 3.34. The fourth-order valence-corrected chi connectivity index (χ4v) is 6.17. The third-order valence-corrected chi connectivity index (χ3v) is 8.44. The van der Waals surface area contributed by atoms with Crippen molar-refractivity contribution in [2.24, 2.45) is 0 Å². The summed E-state index contributed by atoms with van der Waals surface area (Å²) >= 11 is 0. The lowest BCUT2D eigenvalue weighted by Gasteiger charge is -2.32. The first-order chi connectivity index (χ1) is 18.8. The Morgan fingerprint density at radius 1 is 1.18 bits per heavy atom. The third-order valence-electron chi connectivity index (χ3n) is 6.92. The van der Waals surface area contributed by atoms with E-state index in [1.165, 1.54) is 4.31 Å². The molecule has 3 N–H and O–H groups in total. The topological polar surface area (TPSA) is 136 Å². The Hall–Kier alpha value is -4.09. The van der Waals surface area contributed by atoms with Crippen molar-refractivity contribution < 1.29 is 13.2 Å². The highest BCUT2D eigenvalue weighted by molar-refractivity contribution is 7.92. The van der Waals surface area contributed by atoms with E-state index in [2.05, 4.69) is 28.8 Å². The molecule has 0 spiro atoms. The number of hydrogen-bond donors (Lipinski definition) is 2. The van der Waals surface area contributed by atoms with E-state index in [4.69, 9.17) is 10.7 Å². The van der Waals surface area contributed by atoms with Crippen molar-refractivity contribution in [2.75, 3.05) is 17.6 Å². The molecule has 39 heavy (non-hydrogen) atoms. The lowest BCUT2D eigenvalue weighted by Crippen LogP contribution is -2.38. The van der Waals surface area contributed by atoms with E-state index in [9.17, 15) is 13.2 Å². The number of fused-ring (bicyclic) bond motifs is 1. The summed E-state index contributed by atoms with van der Waals surface area (Å²) in [6, 6.07) is 10.4. The second-order valence-electron chi connectivity index (χ2n) is 9.51. The molecule has 1 aromatic carbocycles. The smallest absolute Gasteiger partial charge is 0.256 e. The number of imidazole rings is 1. The Kier molecular flexibility index (Phi) is 7.45. The zero-order chi connectivity index (χ0) is 27.6. The number of benzene rings is 1. The van der Waals surface area contributed by atoms with Gasteiger partial charge in [-0.15, -0.1) is 0 Å². The molecule has 202 valence electrons. The molecule has 4 aromatic rings. The minimum atomic E-state index is -3.65. The monoisotopic (exact) mass is 545 g/mol. The summed E-state index contributed by atoms with van der Waals surface area (Å²) in [6.45, 7) is 6.00. The van der Waals surface area contributed by atoms with Crippen molar-refractivity contribution in [3.63, 3.8) is 0 Å². The number of piperidine rings is 1. The summed E-state index contributed by atoms with van der Waals surface area (Å²) in [6.07, 6.45) is 9.19. The molecule has 1 atom stereocenters. The number of nitrogens with two attached hydrogens (primary N) is 1. The van der Waals surface area contributed by atoms with Crippen LogP contribution in [0.2, 0.25) is 0 Å².